The van der Waals surface area contributed by atoms with Gasteiger partial charge in [-0.3, -0.25) is 0 Å². The van der Waals surface area contributed by atoms with E-state index in [0.717, 1.165) is 27.8 Å². The van der Waals surface area contributed by atoms with Crippen molar-refractivity contribution in [3.63, 3.8) is 0 Å². The lowest BCUT2D eigenvalue weighted by Crippen LogP contribution is -1.99. The Labute approximate surface area is 124 Å². The van der Waals surface area contributed by atoms with Crippen molar-refractivity contribution in [2.24, 2.45) is 0 Å². The number of pyridine rings is 1. The topological polar surface area (TPSA) is 34.1 Å². The molecular formula is C18H18N2O. The van der Waals surface area contributed by atoms with E-state index in [2.05, 4.69) is 35.6 Å². The van der Waals surface area contributed by atoms with E-state index in [0.29, 0.717) is 6.61 Å². The van der Waals surface area contributed by atoms with Gasteiger partial charge in [0.15, 0.2) is 0 Å². The van der Waals surface area contributed by atoms with Crippen LogP contribution in [0, 0.1) is 0 Å². The van der Waals surface area contributed by atoms with E-state index in [-0.39, 0.29) is 0 Å². The zero-order valence-electron chi connectivity index (χ0n) is 12.3. The highest BCUT2D eigenvalue weighted by molar-refractivity contribution is 6.00. The van der Waals surface area contributed by atoms with Crippen LogP contribution in [0.5, 0.6) is 0 Å². The van der Waals surface area contributed by atoms with E-state index in [1.165, 1.54) is 5.56 Å². The number of benzene rings is 2. The average molecular weight is 278 g/mol. The lowest BCUT2D eigenvalue weighted by molar-refractivity contribution is 0.182. The normalized spacial score (nSPS) is 10.8. The second-order valence-corrected chi connectivity index (χ2v) is 4.91. The number of hydrogen-bond acceptors (Lipinski definition) is 3. The maximum atomic E-state index is 5.23. The molecule has 1 aromatic heterocycles. The van der Waals surface area contributed by atoms with Crippen LogP contribution in [0.4, 0.5) is 5.69 Å². The number of aromatic nitrogens is 1. The Hall–Kier alpha value is -2.39. The summed E-state index contributed by atoms with van der Waals surface area (Å²) in [5.41, 5.74) is 5.32. The first-order chi connectivity index (χ1) is 10.3. The summed E-state index contributed by atoms with van der Waals surface area (Å²) in [5.74, 6) is 0. The lowest BCUT2D eigenvalue weighted by Gasteiger charge is -2.12. The molecule has 1 heterocycles. The minimum Gasteiger partial charge on any atom is -0.388 e. The lowest BCUT2D eigenvalue weighted by atomic mass is 10.0. The Morgan fingerprint density at radius 3 is 2.57 bits per heavy atom. The van der Waals surface area contributed by atoms with Gasteiger partial charge in [0.25, 0.3) is 0 Å². The van der Waals surface area contributed by atoms with E-state index >= 15 is 0 Å². The summed E-state index contributed by atoms with van der Waals surface area (Å²) < 4.78 is 5.23. The largest absolute Gasteiger partial charge is 0.388 e. The Balaban J connectivity index is 2.28. The molecule has 2 aromatic carbocycles. The first-order valence-corrected chi connectivity index (χ1v) is 6.98. The van der Waals surface area contributed by atoms with Gasteiger partial charge in [-0.15, -0.1) is 0 Å². The zero-order chi connectivity index (χ0) is 14.7. The summed E-state index contributed by atoms with van der Waals surface area (Å²) in [6.45, 7) is 0.508. The summed E-state index contributed by atoms with van der Waals surface area (Å²) in [7, 11) is 3.62. The molecule has 0 saturated heterocycles. The summed E-state index contributed by atoms with van der Waals surface area (Å²) in [4.78, 5) is 4.78. The minimum absolute atomic E-state index is 0.508. The number of nitrogens with zero attached hydrogens (tertiary/aromatic N) is 1. The second-order valence-electron chi connectivity index (χ2n) is 4.91. The first kappa shape index (κ1) is 13.6. The van der Waals surface area contributed by atoms with Crippen LogP contribution in [0.1, 0.15) is 5.69 Å². The molecule has 0 bridgehead atoms. The van der Waals surface area contributed by atoms with Crippen molar-refractivity contribution < 1.29 is 4.74 Å². The highest BCUT2D eigenvalue weighted by Crippen LogP contribution is 2.31. The molecule has 0 atom stereocenters. The molecule has 0 radical (unpaired) electrons. The Kier molecular flexibility index (Phi) is 3.84. The molecule has 106 valence electrons. The van der Waals surface area contributed by atoms with Gasteiger partial charge >= 0.3 is 0 Å². The average Bonchev–Trinajstić information content (AvgIpc) is 2.54. The van der Waals surface area contributed by atoms with Gasteiger partial charge in [-0.25, -0.2) is 4.98 Å². The highest BCUT2D eigenvalue weighted by Gasteiger charge is 2.10. The molecule has 0 aliphatic heterocycles. The molecule has 1 N–H and O–H groups in total. The fraction of sp³-hybridized carbons (Fsp3) is 0.167. The minimum atomic E-state index is 0.508. The molecule has 0 unspecified atom stereocenters. The maximum absolute atomic E-state index is 5.23. The van der Waals surface area contributed by atoms with Gasteiger partial charge in [-0.2, -0.15) is 0 Å². The number of ether oxygens (including phenoxy) is 1. The number of hydrogen-bond donors (Lipinski definition) is 1. The van der Waals surface area contributed by atoms with E-state index in [9.17, 15) is 0 Å². The molecule has 0 fully saturated rings. The van der Waals surface area contributed by atoms with Crippen LogP contribution in [-0.4, -0.2) is 19.1 Å². The molecule has 3 nitrogen and oxygen atoms in total. The smallest absolute Gasteiger partial charge is 0.0885 e. The number of para-hydroxylation sites is 1. The van der Waals surface area contributed by atoms with Crippen LogP contribution in [-0.2, 0) is 11.3 Å². The third-order valence-corrected chi connectivity index (χ3v) is 3.54. The highest BCUT2D eigenvalue weighted by atomic mass is 16.5. The second kappa shape index (κ2) is 5.94. The summed E-state index contributed by atoms with van der Waals surface area (Å²) in [6, 6.07) is 18.7. The SMILES string of the molecule is CNc1cc(COC)nc2c(-c3ccccc3)cccc12. The number of nitrogens with one attached hydrogen (secondary N) is 1. The van der Waals surface area contributed by atoms with Gasteiger partial charge in [0.2, 0.25) is 0 Å². The predicted octanol–water partition coefficient (Wildman–Crippen LogP) is 4.09. The zero-order valence-corrected chi connectivity index (χ0v) is 12.3. The summed E-state index contributed by atoms with van der Waals surface area (Å²) in [5, 5.41) is 4.38. The predicted molar refractivity (Wildman–Crippen MR) is 87.4 cm³/mol. The molecule has 0 aliphatic carbocycles. The summed E-state index contributed by atoms with van der Waals surface area (Å²) in [6.07, 6.45) is 0. The fourth-order valence-electron chi connectivity index (χ4n) is 2.58. The van der Waals surface area contributed by atoms with Crippen LogP contribution in [0.3, 0.4) is 0 Å². The van der Waals surface area contributed by atoms with Crippen LogP contribution in [0.2, 0.25) is 0 Å². The van der Waals surface area contributed by atoms with E-state index in [4.69, 9.17) is 9.72 Å². The van der Waals surface area contributed by atoms with Gasteiger partial charge in [0, 0.05) is 30.8 Å². The maximum Gasteiger partial charge on any atom is 0.0885 e. The summed E-state index contributed by atoms with van der Waals surface area (Å²) >= 11 is 0. The van der Waals surface area contributed by atoms with Crippen LogP contribution in [0.15, 0.2) is 54.6 Å². The molecule has 3 rings (SSSR count). The Morgan fingerprint density at radius 1 is 1.05 bits per heavy atom. The van der Waals surface area contributed by atoms with Gasteiger partial charge in [0.05, 0.1) is 17.8 Å². The van der Waals surface area contributed by atoms with Gasteiger partial charge in [0.1, 0.15) is 0 Å². The molecular weight excluding hydrogens is 260 g/mol. The van der Waals surface area contributed by atoms with E-state index in [1.807, 2.05) is 31.3 Å². The number of anilines is 1. The van der Waals surface area contributed by atoms with Crippen LogP contribution < -0.4 is 5.32 Å². The van der Waals surface area contributed by atoms with Gasteiger partial charge in [-0.1, -0.05) is 48.5 Å². The Bertz CT molecular complexity index is 754. The monoisotopic (exact) mass is 278 g/mol. The number of rotatable bonds is 4. The van der Waals surface area contributed by atoms with Gasteiger partial charge < -0.3 is 10.1 Å². The van der Waals surface area contributed by atoms with Crippen molar-refractivity contribution in [3.8, 4) is 11.1 Å². The van der Waals surface area contributed by atoms with Crippen LogP contribution >= 0.6 is 0 Å². The van der Waals surface area contributed by atoms with E-state index < -0.39 is 0 Å². The Morgan fingerprint density at radius 2 is 1.86 bits per heavy atom. The quantitative estimate of drug-likeness (QED) is 0.780. The fourth-order valence-corrected chi connectivity index (χ4v) is 2.58. The van der Waals surface area contributed by atoms with Crippen molar-refractivity contribution >= 4 is 16.6 Å². The molecule has 3 heteroatoms. The van der Waals surface area contributed by atoms with Gasteiger partial charge in [-0.05, 0) is 11.6 Å². The standard InChI is InChI=1S/C18H18N2O/c1-19-17-11-14(12-21-2)20-18-15(9-6-10-16(17)18)13-7-4-3-5-8-13/h3-11H,12H2,1-2H3,(H,19,20). The third-order valence-electron chi connectivity index (χ3n) is 3.54. The molecule has 0 aliphatic rings. The van der Waals surface area contributed by atoms with Crippen molar-refractivity contribution in [3.05, 3.63) is 60.3 Å². The number of fused-ring (bicyclic) bond motifs is 1. The third kappa shape index (κ3) is 2.60. The van der Waals surface area contributed by atoms with E-state index in [1.54, 1.807) is 7.11 Å². The molecule has 0 saturated carbocycles. The van der Waals surface area contributed by atoms with Crippen molar-refractivity contribution in [2.75, 3.05) is 19.5 Å². The van der Waals surface area contributed by atoms with Crippen molar-refractivity contribution in [1.82, 2.24) is 4.98 Å². The van der Waals surface area contributed by atoms with Crippen molar-refractivity contribution in [2.45, 2.75) is 6.61 Å². The van der Waals surface area contributed by atoms with Crippen LogP contribution in [0.25, 0.3) is 22.0 Å². The van der Waals surface area contributed by atoms with Crippen molar-refractivity contribution in [1.29, 1.82) is 0 Å². The molecule has 21 heavy (non-hydrogen) atoms. The molecule has 3 aromatic rings. The molecule has 0 spiro atoms. The number of methoxy groups -OCH3 is 1. The first-order valence-electron chi connectivity index (χ1n) is 6.98. The molecule has 0 amide bonds.